The molecule has 120 valence electrons. The van der Waals surface area contributed by atoms with Gasteiger partial charge in [-0.1, -0.05) is 12.1 Å². The Labute approximate surface area is 126 Å². The summed E-state index contributed by atoms with van der Waals surface area (Å²) in [5.41, 5.74) is 0.420. The summed E-state index contributed by atoms with van der Waals surface area (Å²) in [4.78, 5) is 42.5. The van der Waals surface area contributed by atoms with Crippen molar-refractivity contribution in [1.82, 2.24) is 0 Å². The van der Waals surface area contributed by atoms with Crippen LogP contribution in [0.4, 0.5) is 0 Å². The van der Waals surface area contributed by atoms with E-state index in [1.165, 1.54) is 26.4 Å². The average Bonchev–Trinajstić information content (AvgIpc) is 2.59. The Morgan fingerprint density at radius 3 is 1.18 bits per heavy atom. The molecule has 1 aromatic rings. The summed E-state index contributed by atoms with van der Waals surface area (Å²) in [5.74, 6) is -3.06. The predicted molar refractivity (Wildman–Crippen MR) is 73.2 cm³/mol. The lowest BCUT2D eigenvalue weighted by Gasteiger charge is -2.04. The van der Waals surface area contributed by atoms with Crippen molar-refractivity contribution in [3.8, 4) is 0 Å². The molecule has 0 unspecified atom stereocenters. The van der Waals surface area contributed by atoms with Crippen LogP contribution in [0.5, 0.6) is 0 Å². The fourth-order valence-electron chi connectivity index (χ4n) is 1.23. The second-order valence-corrected chi connectivity index (χ2v) is 3.51. The van der Waals surface area contributed by atoms with Gasteiger partial charge in [-0.3, -0.25) is 0 Å². The Balaban J connectivity index is 0.000000472. The zero-order valence-corrected chi connectivity index (χ0v) is 12.6. The molecule has 22 heavy (non-hydrogen) atoms. The fourth-order valence-corrected chi connectivity index (χ4v) is 1.23. The number of hydrogen-bond acceptors (Lipinski definition) is 8. The lowest BCUT2D eigenvalue weighted by molar-refractivity contribution is -0.164. The van der Waals surface area contributed by atoms with Gasteiger partial charge in [0.05, 0.1) is 39.6 Å². The molecule has 1 rings (SSSR count). The first-order valence-electron chi connectivity index (χ1n) is 5.84. The minimum absolute atomic E-state index is 0.210. The fraction of sp³-hybridized carbons (Fsp3) is 0.286. The summed E-state index contributed by atoms with van der Waals surface area (Å²) in [6, 6.07) is 6.33. The smallest absolute Gasteiger partial charge is 0.417 e. The van der Waals surface area contributed by atoms with Crippen molar-refractivity contribution in [1.29, 1.82) is 0 Å². The van der Waals surface area contributed by atoms with Gasteiger partial charge < -0.3 is 18.9 Å². The standard InChI is InChI=1S/C10H10O4.C4H6O4/c1-13-9(11)7-5-3-4-6-8(7)10(12)14-2;1-7-3(5)4(6)8-2/h3-6H,1-2H3;1-2H3. The Morgan fingerprint density at radius 1 is 0.636 bits per heavy atom. The van der Waals surface area contributed by atoms with Gasteiger partial charge in [-0.05, 0) is 12.1 Å². The van der Waals surface area contributed by atoms with Gasteiger partial charge in [0.25, 0.3) is 0 Å². The van der Waals surface area contributed by atoms with Gasteiger partial charge in [0, 0.05) is 0 Å². The zero-order chi connectivity index (χ0) is 17.1. The van der Waals surface area contributed by atoms with Crippen molar-refractivity contribution in [2.24, 2.45) is 0 Å². The number of hydrogen-bond donors (Lipinski definition) is 0. The first kappa shape index (κ1) is 19.1. The Kier molecular flexibility index (Phi) is 8.61. The highest BCUT2D eigenvalue weighted by Crippen LogP contribution is 2.10. The number of rotatable bonds is 2. The quantitative estimate of drug-likeness (QED) is 0.444. The van der Waals surface area contributed by atoms with E-state index in [1.54, 1.807) is 12.1 Å². The van der Waals surface area contributed by atoms with E-state index in [9.17, 15) is 19.2 Å². The molecule has 0 bridgehead atoms. The number of ether oxygens (including phenoxy) is 4. The van der Waals surface area contributed by atoms with Crippen molar-refractivity contribution < 1.29 is 38.1 Å². The molecule has 0 amide bonds. The van der Waals surface area contributed by atoms with Crippen LogP contribution in [0.25, 0.3) is 0 Å². The number of benzene rings is 1. The van der Waals surface area contributed by atoms with Gasteiger partial charge in [0.2, 0.25) is 0 Å². The molecule has 0 N–H and O–H groups in total. The van der Waals surface area contributed by atoms with E-state index < -0.39 is 23.9 Å². The average molecular weight is 312 g/mol. The molecule has 0 atom stereocenters. The minimum atomic E-state index is -0.979. The predicted octanol–water partition coefficient (Wildman–Crippen LogP) is 0.592. The van der Waals surface area contributed by atoms with E-state index >= 15 is 0 Å². The van der Waals surface area contributed by atoms with Crippen molar-refractivity contribution in [3.63, 3.8) is 0 Å². The van der Waals surface area contributed by atoms with E-state index in [0.29, 0.717) is 0 Å². The maximum atomic E-state index is 11.2. The number of esters is 4. The lowest BCUT2D eigenvalue weighted by Crippen LogP contribution is -2.16. The molecule has 0 spiro atoms. The second-order valence-electron chi connectivity index (χ2n) is 3.51. The molecule has 1 aromatic carbocycles. The minimum Gasteiger partial charge on any atom is -0.465 e. The highest BCUT2D eigenvalue weighted by molar-refractivity contribution is 6.29. The van der Waals surface area contributed by atoms with Crippen LogP contribution in [0.15, 0.2) is 24.3 Å². The van der Waals surface area contributed by atoms with Crippen LogP contribution in [0.1, 0.15) is 20.7 Å². The summed E-state index contributed by atoms with van der Waals surface area (Å²) in [6.45, 7) is 0. The van der Waals surface area contributed by atoms with Crippen LogP contribution < -0.4 is 0 Å². The normalized spacial score (nSPS) is 8.73. The van der Waals surface area contributed by atoms with Gasteiger partial charge in [-0.2, -0.15) is 0 Å². The monoisotopic (exact) mass is 312 g/mol. The van der Waals surface area contributed by atoms with Crippen LogP contribution in [0.3, 0.4) is 0 Å². The highest BCUT2D eigenvalue weighted by Gasteiger charge is 2.16. The maximum absolute atomic E-state index is 11.2. The second kappa shape index (κ2) is 9.92. The van der Waals surface area contributed by atoms with Crippen LogP contribution in [-0.2, 0) is 28.5 Å². The third kappa shape index (κ3) is 5.61. The Hall–Kier alpha value is -2.90. The molecule has 0 saturated heterocycles. The summed E-state index contributed by atoms with van der Waals surface area (Å²) < 4.78 is 17.0. The maximum Gasteiger partial charge on any atom is 0.417 e. The van der Waals surface area contributed by atoms with E-state index in [1.807, 2.05) is 0 Å². The van der Waals surface area contributed by atoms with Gasteiger partial charge in [0.1, 0.15) is 0 Å². The number of methoxy groups -OCH3 is 4. The molecule has 0 aliphatic heterocycles. The molecular formula is C14H16O8. The topological polar surface area (TPSA) is 105 Å². The molecule has 0 saturated carbocycles. The van der Waals surface area contributed by atoms with Crippen LogP contribution in [0.2, 0.25) is 0 Å². The lowest BCUT2D eigenvalue weighted by atomic mass is 10.1. The SMILES string of the molecule is COC(=O)C(=O)OC.COC(=O)c1ccccc1C(=O)OC. The number of carbonyl (C=O) groups is 4. The third-order valence-electron chi connectivity index (χ3n) is 2.28. The van der Waals surface area contributed by atoms with Crippen LogP contribution in [-0.4, -0.2) is 52.3 Å². The van der Waals surface area contributed by atoms with Gasteiger partial charge in [0.15, 0.2) is 0 Å². The molecule has 8 heteroatoms. The molecule has 0 heterocycles. The molecule has 8 nitrogen and oxygen atoms in total. The summed E-state index contributed by atoms with van der Waals surface area (Å²) >= 11 is 0. The van der Waals surface area contributed by atoms with Gasteiger partial charge in [-0.15, -0.1) is 0 Å². The van der Waals surface area contributed by atoms with Gasteiger partial charge >= 0.3 is 23.9 Å². The largest absolute Gasteiger partial charge is 0.465 e. The Bertz CT molecular complexity index is 501. The van der Waals surface area contributed by atoms with Gasteiger partial charge in [-0.25, -0.2) is 19.2 Å². The van der Waals surface area contributed by atoms with Crippen molar-refractivity contribution >= 4 is 23.9 Å². The first-order valence-corrected chi connectivity index (χ1v) is 5.84. The molecule has 0 radical (unpaired) electrons. The van der Waals surface area contributed by atoms with Crippen molar-refractivity contribution in [2.75, 3.05) is 28.4 Å². The van der Waals surface area contributed by atoms with Crippen molar-refractivity contribution in [3.05, 3.63) is 35.4 Å². The summed E-state index contributed by atoms with van der Waals surface area (Å²) in [7, 11) is 4.74. The molecular weight excluding hydrogens is 296 g/mol. The van der Waals surface area contributed by atoms with E-state index in [-0.39, 0.29) is 11.1 Å². The zero-order valence-electron chi connectivity index (χ0n) is 12.6. The van der Waals surface area contributed by atoms with E-state index in [2.05, 4.69) is 18.9 Å². The van der Waals surface area contributed by atoms with E-state index in [4.69, 9.17) is 0 Å². The Morgan fingerprint density at radius 2 is 0.955 bits per heavy atom. The number of carbonyl (C=O) groups excluding carboxylic acids is 4. The summed E-state index contributed by atoms with van der Waals surface area (Å²) in [6.07, 6.45) is 0. The van der Waals surface area contributed by atoms with Crippen LogP contribution >= 0.6 is 0 Å². The summed E-state index contributed by atoms with van der Waals surface area (Å²) in [5, 5.41) is 0. The van der Waals surface area contributed by atoms with Crippen molar-refractivity contribution in [2.45, 2.75) is 0 Å². The molecule has 0 aliphatic rings. The molecule has 0 aliphatic carbocycles. The van der Waals surface area contributed by atoms with E-state index in [0.717, 1.165) is 14.2 Å². The van der Waals surface area contributed by atoms with Crippen LogP contribution in [0, 0.1) is 0 Å². The first-order chi connectivity index (χ1) is 10.4. The molecule has 0 fully saturated rings. The highest BCUT2D eigenvalue weighted by atomic mass is 16.6. The third-order valence-corrected chi connectivity index (χ3v) is 2.28. The molecule has 0 aromatic heterocycles.